The molecule has 1 saturated heterocycles. The number of rotatable bonds is 4. The second-order valence-electron chi connectivity index (χ2n) is 4.12. The van der Waals surface area contributed by atoms with Crippen LogP contribution in [-0.4, -0.2) is 50.2 Å². The van der Waals surface area contributed by atoms with Crippen molar-refractivity contribution in [3.05, 3.63) is 0 Å². The molecule has 0 unspecified atom stereocenters. The Morgan fingerprint density at radius 1 is 1.47 bits per heavy atom. The second kappa shape index (κ2) is 6.63. The van der Waals surface area contributed by atoms with Crippen LogP contribution in [0.25, 0.3) is 0 Å². The summed E-state index contributed by atoms with van der Waals surface area (Å²) >= 11 is 0. The van der Waals surface area contributed by atoms with Gasteiger partial charge < -0.3 is 21.3 Å². The summed E-state index contributed by atoms with van der Waals surface area (Å²) in [6.07, 6.45) is 2.92. The minimum absolute atomic E-state index is 0.0574. The zero-order chi connectivity index (χ0) is 11.1. The van der Waals surface area contributed by atoms with Gasteiger partial charge in [0.05, 0.1) is 0 Å². The molecule has 0 aromatic heterocycles. The van der Waals surface area contributed by atoms with Crippen molar-refractivity contribution in [2.75, 3.05) is 33.2 Å². The van der Waals surface area contributed by atoms with Gasteiger partial charge in [0.1, 0.15) is 0 Å². The highest BCUT2D eigenvalue weighted by molar-refractivity contribution is 5.74. The summed E-state index contributed by atoms with van der Waals surface area (Å²) in [4.78, 5) is 13.7. The summed E-state index contributed by atoms with van der Waals surface area (Å²) in [6, 6.07) is 0.275. The number of piperidine rings is 1. The number of hydrogen-bond acceptors (Lipinski definition) is 3. The molecule has 1 fully saturated rings. The van der Waals surface area contributed by atoms with Gasteiger partial charge in [-0.05, 0) is 45.9 Å². The van der Waals surface area contributed by atoms with Gasteiger partial charge in [-0.15, -0.1) is 0 Å². The highest BCUT2D eigenvalue weighted by Gasteiger charge is 2.17. The maximum atomic E-state index is 11.4. The van der Waals surface area contributed by atoms with E-state index in [2.05, 4.69) is 22.6 Å². The molecule has 0 aliphatic carbocycles. The molecule has 88 valence electrons. The van der Waals surface area contributed by atoms with Crippen molar-refractivity contribution in [2.45, 2.75) is 25.3 Å². The van der Waals surface area contributed by atoms with Gasteiger partial charge in [-0.2, -0.15) is 0 Å². The summed E-state index contributed by atoms with van der Waals surface area (Å²) in [5, 5.41) is 5.78. The Labute approximate surface area is 91.4 Å². The van der Waals surface area contributed by atoms with Crippen molar-refractivity contribution < 1.29 is 4.79 Å². The van der Waals surface area contributed by atoms with Crippen LogP contribution in [0, 0.1) is 0 Å². The molecule has 1 aliphatic rings. The minimum atomic E-state index is -0.0574. The van der Waals surface area contributed by atoms with Gasteiger partial charge >= 0.3 is 6.03 Å². The maximum Gasteiger partial charge on any atom is 0.315 e. The van der Waals surface area contributed by atoms with Crippen molar-refractivity contribution in [1.29, 1.82) is 0 Å². The molecular weight excluding hydrogens is 192 g/mol. The molecule has 1 rings (SSSR count). The molecule has 0 aromatic carbocycles. The van der Waals surface area contributed by atoms with Crippen LogP contribution >= 0.6 is 0 Å². The van der Waals surface area contributed by atoms with Gasteiger partial charge in [0.25, 0.3) is 0 Å². The molecule has 1 heterocycles. The Morgan fingerprint density at radius 3 is 2.73 bits per heavy atom. The number of hydrogen-bond donors (Lipinski definition) is 3. The maximum absolute atomic E-state index is 11.4. The van der Waals surface area contributed by atoms with E-state index in [-0.39, 0.29) is 6.03 Å². The molecule has 0 aromatic rings. The van der Waals surface area contributed by atoms with E-state index in [0.717, 1.165) is 32.4 Å². The second-order valence-corrected chi connectivity index (χ2v) is 4.12. The molecule has 0 atom stereocenters. The molecule has 5 nitrogen and oxygen atoms in total. The minimum Gasteiger partial charge on any atom is -0.338 e. The molecule has 0 spiro atoms. The van der Waals surface area contributed by atoms with Gasteiger partial charge in [0.2, 0.25) is 0 Å². The van der Waals surface area contributed by atoms with Crippen LogP contribution in [0.2, 0.25) is 0 Å². The summed E-state index contributed by atoms with van der Waals surface area (Å²) in [7, 11) is 2.11. The Balaban J connectivity index is 2.09. The first-order valence-corrected chi connectivity index (χ1v) is 5.65. The Hall–Kier alpha value is -0.810. The Morgan fingerprint density at radius 2 is 2.13 bits per heavy atom. The summed E-state index contributed by atoms with van der Waals surface area (Å²) in [5.74, 6) is 0. The average molecular weight is 214 g/mol. The smallest absolute Gasteiger partial charge is 0.315 e. The normalized spacial score (nSPS) is 18.8. The van der Waals surface area contributed by atoms with Crippen LogP contribution in [0.5, 0.6) is 0 Å². The zero-order valence-electron chi connectivity index (χ0n) is 9.46. The number of carbonyl (C=O) groups excluding carboxylic acids is 1. The first-order chi connectivity index (χ1) is 7.22. The molecular formula is C10H22N4O. The Kier molecular flexibility index (Phi) is 5.42. The predicted molar refractivity (Wildman–Crippen MR) is 60.7 cm³/mol. The molecule has 15 heavy (non-hydrogen) atoms. The number of amides is 2. The van der Waals surface area contributed by atoms with Gasteiger partial charge in [-0.3, -0.25) is 0 Å². The van der Waals surface area contributed by atoms with E-state index < -0.39 is 0 Å². The average Bonchev–Trinajstić information content (AvgIpc) is 2.22. The van der Waals surface area contributed by atoms with Crippen LogP contribution in [0.4, 0.5) is 4.79 Å². The fourth-order valence-electron chi connectivity index (χ4n) is 1.69. The van der Waals surface area contributed by atoms with Gasteiger partial charge in [-0.1, -0.05) is 0 Å². The van der Waals surface area contributed by atoms with Crippen LogP contribution < -0.4 is 16.4 Å². The van der Waals surface area contributed by atoms with Gasteiger partial charge in [0, 0.05) is 12.6 Å². The lowest BCUT2D eigenvalue weighted by molar-refractivity contribution is 0.214. The third-order valence-corrected chi connectivity index (χ3v) is 2.72. The van der Waals surface area contributed by atoms with Crippen LogP contribution in [0.1, 0.15) is 19.3 Å². The van der Waals surface area contributed by atoms with E-state index >= 15 is 0 Å². The monoisotopic (exact) mass is 214 g/mol. The molecule has 0 radical (unpaired) electrons. The van der Waals surface area contributed by atoms with Gasteiger partial charge in [0.15, 0.2) is 0 Å². The summed E-state index contributed by atoms with van der Waals surface area (Å²) < 4.78 is 0. The van der Waals surface area contributed by atoms with E-state index in [0.29, 0.717) is 19.1 Å². The van der Waals surface area contributed by atoms with Crippen LogP contribution in [0.15, 0.2) is 0 Å². The van der Waals surface area contributed by atoms with Crippen molar-refractivity contribution in [3.63, 3.8) is 0 Å². The molecule has 4 N–H and O–H groups in total. The number of nitrogens with zero attached hydrogens (tertiary/aromatic N) is 1. The van der Waals surface area contributed by atoms with E-state index in [1.165, 1.54) is 0 Å². The largest absolute Gasteiger partial charge is 0.338 e. The van der Waals surface area contributed by atoms with Crippen molar-refractivity contribution in [1.82, 2.24) is 15.5 Å². The van der Waals surface area contributed by atoms with Crippen molar-refractivity contribution in [3.8, 4) is 0 Å². The standard InChI is InChI=1S/C10H22N4O/c1-14-7-3-9(4-8-14)13-10(15)12-6-2-5-11/h9H,2-8,11H2,1H3,(H2,12,13,15). The lowest BCUT2D eigenvalue weighted by Crippen LogP contribution is -2.47. The first kappa shape index (κ1) is 12.3. The third kappa shape index (κ3) is 4.99. The van der Waals surface area contributed by atoms with Crippen molar-refractivity contribution in [2.24, 2.45) is 5.73 Å². The number of nitrogens with two attached hydrogens (primary N) is 1. The number of likely N-dealkylation sites (tertiary alicyclic amines) is 1. The van der Waals surface area contributed by atoms with E-state index in [1.54, 1.807) is 0 Å². The molecule has 1 aliphatic heterocycles. The lowest BCUT2D eigenvalue weighted by atomic mass is 10.1. The quantitative estimate of drug-likeness (QED) is 0.564. The van der Waals surface area contributed by atoms with E-state index in [9.17, 15) is 4.79 Å². The fraction of sp³-hybridized carbons (Fsp3) is 0.900. The summed E-state index contributed by atoms with van der Waals surface area (Å²) in [5.41, 5.74) is 5.34. The number of urea groups is 1. The highest BCUT2D eigenvalue weighted by atomic mass is 16.2. The molecule has 2 amide bonds. The predicted octanol–water partition coefficient (Wildman–Crippen LogP) is -0.271. The van der Waals surface area contributed by atoms with E-state index in [1.807, 2.05) is 0 Å². The topological polar surface area (TPSA) is 70.4 Å². The SMILES string of the molecule is CN1CCC(NC(=O)NCCCN)CC1. The van der Waals surface area contributed by atoms with Crippen LogP contribution in [0.3, 0.4) is 0 Å². The Bertz CT molecular complexity index is 190. The number of nitrogens with one attached hydrogen (secondary N) is 2. The third-order valence-electron chi connectivity index (χ3n) is 2.72. The van der Waals surface area contributed by atoms with Crippen molar-refractivity contribution >= 4 is 6.03 Å². The van der Waals surface area contributed by atoms with E-state index in [4.69, 9.17) is 5.73 Å². The fourth-order valence-corrected chi connectivity index (χ4v) is 1.69. The highest BCUT2D eigenvalue weighted by Crippen LogP contribution is 2.07. The van der Waals surface area contributed by atoms with Crippen LogP contribution in [-0.2, 0) is 0 Å². The first-order valence-electron chi connectivity index (χ1n) is 5.65. The summed E-state index contributed by atoms with van der Waals surface area (Å²) in [6.45, 7) is 3.41. The lowest BCUT2D eigenvalue weighted by Gasteiger charge is -2.29. The zero-order valence-corrected chi connectivity index (χ0v) is 9.46. The molecule has 0 saturated carbocycles. The molecule has 5 heteroatoms. The number of carbonyl (C=O) groups is 1. The molecule has 0 bridgehead atoms. The van der Waals surface area contributed by atoms with Gasteiger partial charge in [-0.25, -0.2) is 4.79 Å².